The zero-order chi connectivity index (χ0) is 21.8. The summed E-state index contributed by atoms with van der Waals surface area (Å²) in [4.78, 5) is 23.9. The molecule has 7 nitrogen and oxygen atoms in total. The number of fused-ring (bicyclic) bond motifs is 1. The van der Waals surface area contributed by atoms with E-state index in [9.17, 15) is 4.79 Å². The zero-order valence-corrected chi connectivity index (χ0v) is 19.3. The van der Waals surface area contributed by atoms with Gasteiger partial charge in [0, 0.05) is 35.9 Å². The molecule has 1 aliphatic rings. The maximum atomic E-state index is 12.4. The van der Waals surface area contributed by atoms with Gasteiger partial charge in [-0.15, -0.1) is 5.10 Å². The number of hydrogen-bond donors (Lipinski definition) is 1. The fraction of sp³-hybridized carbons (Fsp3) is 0.478. The number of amides is 1. The Kier molecular flexibility index (Phi) is 6.75. The minimum atomic E-state index is -0.0673. The van der Waals surface area contributed by atoms with E-state index in [0.717, 1.165) is 49.4 Å². The van der Waals surface area contributed by atoms with Gasteiger partial charge >= 0.3 is 0 Å². The molecule has 0 radical (unpaired) electrons. The Balaban J connectivity index is 1.37. The Morgan fingerprint density at radius 1 is 1.13 bits per heavy atom. The Bertz CT molecular complexity index is 1060. The Morgan fingerprint density at radius 3 is 2.58 bits per heavy atom. The minimum Gasteiger partial charge on any atom is -0.372 e. The maximum absolute atomic E-state index is 12.4. The first-order valence-corrected chi connectivity index (χ1v) is 12.0. The molecule has 3 heterocycles. The number of aryl methyl sites for hydroxylation is 2. The van der Waals surface area contributed by atoms with Crippen LogP contribution in [0.5, 0.6) is 0 Å². The summed E-state index contributed by atoms with van der Waals surface area (Å²) in [6.07, 6.45) is 5.77. The molecule has 8 heteroatoms. The van der Waals surface area contributed by atoms with E-state index in [4.69, 9.17) is 0 Å². The smallest absolute Gasteiger partial charge is 0.253 e. The van der Waals surface area contributed by atoms with Crippen molar-refractivity contribution in [2.24, 2.45) is 0 Å². The van der Waals surface area contributed by atoms with Gasteiger partial charge in [0.2, 0.25) is 11.1 Å². The van der Waals surface area contributed by atoms with Crippen LogP contribution in [0.4, 0.5) is 11.4 Å². The fourth-order valence-electron chi connectivity index (χ4n) is 4.02. The lowest BCUT2D eigenvalue weighted by Gasteiger charge is -2.17. The third-order valence-corrected chi connectivity index (χ3v) is 6.60. The Morgan fingerprint density at radius 2 is 1.87 bits per heavy atom. The zero-order valence-electron chi connectivity index (χ0n) is 18.5. The van der Waals surface area contributed by atoms with Crippen LogP contribution in [0.1, 0.15) is 49.6 Å². The number of carbonyl (C=O) groups is 1. The molecule has 2 aromatic heterocycles. The highest BCUT2D eigenvalue weighted by Gasteiger charge is 2.15. The van der Waals surface area contributed by atoms with Gasteiger partial charge in [0.1, 0.15) is 0 Å². The van der Waals surface area contributed by atoms with E-state index in [2.05, 4.69) is 51.3 Å². The molecular formula is C23H30N6OS. The van der Waals surface area contributed by atoms with E-state index in [1.54, 1.807) is 4.52 Å². The van der Waals surface area contributed by atoms with Crippen molar-refractivity contribution in [1.29, 1.82) is 0 Å². The Labute approximate surface area is 187 Å². The normalized spacial score (nSPS) is 13.8. The first-order valence-electron chi connectivity index (χ1n) is 11.1. The summed E-state index contributed by atoms with van der Waals surface area (Å²) >= 11 is 1.33. The highest BCUT2D eigenvalue weighted by Crippen LogP contribution is 2.23. The van der Waals surface area contributed by atoms with E-state index in [1.165, 1.54) is 35.9 Å². The standard InChI is InChI=1S/C23H30N6OS/c1-4-5-8-20-16(2)24-22-26-23(27-29(22)17(20)3)31-15-21(30)25-18-9-11-19(12-10-18)28-13-6-7-14-28/h9-12H,4-8,13-15H2,1-3H3,(H,25,30). The van der Waals surface area contributed by atoms with Crippen LogP contribution in [-0.4, -0.2) is 44.3 Å². The molecule has 4 rings (SSSR count). The lowest BCUT2D eigenvalue weighted by molar-refractivity contribution is -0.113. The van der Waals surface area contributed by atoms with E-state index in [-0.39, 0.29) is 11.7 Å². The van der Waals surface area contributed by atoms with Crippen LogP contribution in [0, 0.1) is 13.8 Å². The van der Waals surface area contributed by atoms with Gasteiger partial charge in [0.05, 0.1) is 5.75 Å². The first kappa shape index (κ1) is 21.6. The molecule has 1 aromatic carbocycles. The molecule has 1 amide bonds. The lowest BCUT2D eigenvalue weighted by atomic mass is 10.1. The summed E-state index contributed by atoms with van der Waals surface area (Å²) in [6, 6.07) is 8.08. The molecule has 0 saturated carbocycles. The molecular weight excluding hydrogens is 408 g/mol. The second-order valence-corrected chi connectivity index (χ2v) is 8.99. The fourth-order valence-corrected chi connectivity index (χ4v) is 4.64. The van der Waals surface area contributed by atoms with Gasteiger partial charge in [-0.05, 0) is 69.4 Å². The number of aromatic nitrogens is 4. The SMILES string of the molecule is CCCCc1c(C)nc2nc(SCC(=O)Nc3ccc(N4CCCC4)cc3)nn2c1C. The van der Waals surface area contributed by atoms with Gasteiger partial charge in [0.25, 0.3) is 5.78 Å². The number of thioether (sulfide) groups is 1. The second-order valence-electron chi connectivity index (χ2n) is 8.05. The van der Waals surface area contributed by atoms with Gasteiger partial charge in [0.15, 0.2) is 0 Å². The predicted molar refractivity (Wildman–Crippen MR) is 126 cm³/mol. The second kappa shape index (κ2) is 9.68. The summed E-state index contributed by atoms with van der Waals surface area (Å²) < 4.78 is 1.80. The molecule has 3 aromatic rings. The number of rotatable bonds is 8. The average Bonchev–Trinajstić information content (AvgIpc) is 3.43. The summed E-state index contributed by atoms with van der Waals surface area (Å²) in [5.74, 6) is 0.781. The molecule has 1 aliphatic heterocycles. The van der Waals surface area contributed by atoms with Crippen LogP contribution in [0.15, 0.2) is 29.4 Å². The Hall–Kier alpha value is -2.61. The van der Waals surface area contributed by atoms with Crippen LogP contribution < -0.4 is 10.2 Å². The van der Waals surface area contributed by atoms with Crippen molar-refractivity contribution in [3.8, 4) is 0 Å². The number of hydrogen-bond acceptors (Lipinski definition) is 6. The van der Waals surface area contributed by atoms with E-state index >= 15 is 0 Å². The van der Waals surface area contributed by atoms with Gasteiger partial charge in [-0.25, -0.2) is 9.50 Å². The van der Waals surface area contributed by atoms with Gasteiger partial charge < -0.3 is 10.2 Å². The van der Waals surface area contributed by atoms with Crippen molar-refractivity contribution in [3.63, 3.8) is 0 Å². The van der Waals surface area contributed by atoms with Crippen LogP contribution in [0.25, 0.3) is 5.78 Å². The number of carbonyl (C=O) groups excluding carboxylic acids is 1. The van der Waals surface area contributed by atoms with Crippen molar-refractivity contribution >= 4 is 34.8 Å². The van der Waals surface area contributed by atoms with Crippen LogP contribution in [0.2, 0.25) is 0 Å². The minimum absolute atomic E-state index is 0.0673. The first-order chi connectivity index (χ1) is 15.0. The quantitative estimate of drug-likeness (QED) is 0.525. The maximum Gasteiger partial charge on any atom is 0.253 e. The highest BCUT2D eigenvalue weighted by atomic mass is 32.2. The topological polar surface area (TPSA) is 75.4 Å². The van der Waals surface area contributed by atoms with E-state index in [1.807, 2.05) is 19.1 Å². The largest absolute Gasteiger partial charge is 0.372 e. The molecule has 1 fully saturated rings. The van der Waals surface area contributed by atoms with Crippen LogP contribution in [0.3, 0.4) is 0 Å². The predicted octanol–water partition coefficient (Wildman–Crippen LogP) is 4.41. The molecule has 0 aliphatic carbocycles. The molecule has 164 valence electrons. The van der Waals surface area contributed by atoms with Gasteiger partial charge in [-0.3, -0.25) is 4.79 Å². The van der Waals surface area contributed by atoms with Crippen molar-refractivity contribution < 1.29 is 4.79 Å². The number of anilines is 2. The van der Waals surface area contributed by atoms with E-state index < -0.39 is 0 Å². The molecule has 31 heavy (non-hydrogen) atoms. The van der Waals surface area contributed by atoms with Crippen LogP contribution >= 0.6 is 11.8 Å². The summed E-state index contributed by atoms with van der Waals surface area (Å²) in [6.45, 7) is 8.51. The van der Waals surface area contributed by atoms with Crippen molar-refractivity contribution in [2.45, 2.75) is 58.0 Å². The molecule has 0 bridgehead atoms. The highest BCUT2D eigenvalue weighted by molar-refractivity contribution is 7.99. The summed E-state index contributed by atoms with van der Waals surface area (Å²) in [5.41, 5.74) is 5.36. The van der Waals surface area contributed by atoms with E-state index in [0.29, 0.717) is 10.9 Å². The summed E-state index contributed by atoms with van der Waals surface area (Å²) in [7, 11) is 0. The molecule has 0 unspecified atom stereocenters. The number of nitrogens with one attached hydrogen (secondary N) is 1. The average molecular weight is 439 g/mol. The number of benzene rings is 1. The molecule has 0 atom stereocenters. The molecule has 0 spiro atoms. The molecule has 1 N–H and O–H groups in total. The van der Waals surface area contributed by atoms with Crippen molar-refractivity contribution in [2.75, 3.05) is 29.1 Å². The van der Waals surface area contributed by atoms with Gasteiger partial charge in [-0.2, -0.15) is 4.98 Å². The third kappa shape index (κ3) is 5.01. The third-order valence-electron chi connectivity index (χ3n) is 5.76. The summed E-state index contributed by atoms with van der Waals surface area (Å²) in [5, 5.41) is 8.11. The lowest BCUT2D eigenvalue weighted by Crippen LogP contribution is -2.18. The number of nitrogens with zero attached hydrogens (tertiary/aromatic N) is 5. The number of unbranched alkanes of at least 4 members (excludes halogenated alkanes) is 1. The van der Waals surface area contributed by atoms with Crippen molar-refractivity contribution in [3.05, 3.63) is 41.2 Å². The van der Waals surface area contributed by atoms with Crippen molar-refractivity contribution in [1.82, 2.24) is 19.6 Å². The van der Waals surface area contributed by atoms with Gasteiger partial charge in [-0.1, -0.05) is 25.1 Å². The molecule has 1 saturated heterocycles. The monoisotopic (exact) mass is 438 g/mol. The van der Waals surface area contributed by atoms with Crippen LogP contribution in [-0.2, 0) is 11.2 Å².